The lowest BCUT2D eigenvalue weighted by atomic mass is 10.2. The van der Waals surface area contributed by atoms with E-state index in [2.05, 4.69) is 15.5 Å². The first-order valence-electron chi connectivity index (χ1n) is 6.53. The van der Waals surface area contributed by atoms with Gasteiger partial charge in [0.05, 0.1) is 0 Å². The van der Waals surface area contributed by atoms with Crippen LogP contribution in [-0.4, -0.2) is 22.1 Å². The summed E-state index contributed by atoms with van der Waals surface area (Å²) in [6, 6.07) is 7.37. The van der Waals surface area contributed by atoms with Crippen molar-refractivity contribution in [2.24, 2.45) is 0 Å². The second kappa shape index (κ2) is 5.32. The molecular formula is C14H15N3O3. The molecule has 1 amide bonds. The van der Waals surface area contributed by atoms with Crippen LogP contribution in [0.5, 0.6) is 5.75 Å². The summed E-state index contributed by atoms with van der Waals surface area (Å²) in [4.78, 5) is 15.8. The summed E-state index contributed by atoms with van der Waals surface area (Å²) in [5.41, 5.74) is 0.639. The highest BCUT2D eigenvalue weighted by molar-refractivity contribution is 5.94. The van der Waals surface area contributed by atoms with Crippen molar-refractivity contribution in [2.75, 3.05) is 0 Å². The standard InChI is InChI=1S/C14H15N3O3/c1-9-15-13(17-20-9)8-19-12-6-2-10(3-7-12)14(18)16-11-4-5-11/h2-3,6-7,11H,4-5,8H2,1H3,(H,16,18). The number of rotatable bonds is 5. The molecule has 0 aliphatic heterocycles. The summed E-state index contributed by atoms with van der Waals surface area (Å²) >= 11 is 0. The minimum Gasteiger partial charge on any atom is -0.485 e. The molecule has 2 aromatic rings. The predicted molar refractivity (Wildman–Crippen MR) is 70.3 cm³/mol. The van der Waals surface area contributed by atoms with Crippen LogP contribution in [-0.2, 0) is 6.61 Å². The van der Waals surface area contributed by atoms with Gasteiger partial charge in [-0.1, -0.05) is 5.16 Å². The van der Waals surface area contributed by atoms with Crippen LogP contribution in [0.3, 0.4) is 0 Å². The molecule has 20 heavy (non-hydrogen) atoms. The van der Waals surface area contributed by atoms with Crippen LogP contribution < -0.4 is 10.1 Å². The number of aryl methyl sites for hydroxylation is 1. The van der Waals surface area contributed by atoms with Crippen LogP contribution in [0.1, 0.15) is 34.9 Å². The van der Waals surface area contributed by atoms with Crippen LogP contribution >= 0.6 is 0 Å². The van der Waals surface area contributed by atoms with Crippen molar-refractivity contribution >= 4 is 5.91 Å². The fraction of sp³-hybridized carbons (Fsp3) is 0.357. The van der Waals surface area contributed by atoms with Gasteiger partial charge in [0.1, 0.15) is 5.75 Å². The smallest absolute Gasteiger partial charge is 0.251 e. The number of amides is 1. The molecule has 1 aliphatic carbocycles. The fourth-order valence-electron chi connectivity index (χ4n) is 1.75. The van der Waals surface area contributed by atoms with Crippen LogP contribution in [0.2, 0.25) is 0 Å². The van der Waals surface area contributed by atoms with Crippen molar-refractivity contribution < 1.29 is 14.1 Å². The predicted octanol–water partition coefficient (Wildman–Crippen LogP) is 1.85. The van der Waals surface area contributed by atoms with E-state index in [1.165, 1.54) is 0 Å². The Labute approximate surface area is 116 Å². The molecule has 0 saturated heterocycles. The monoisotopic (exact) mass is 273 g/mol. The zero-order valence-corrected chi connectivity index (χ0v) is 11.1. The Morgan fingerprint density at radius 1 is 1.40 bits per heavy atom. The summed E-state index contributed by atoms with van der Waals surface area (Å²) in [7, 11) is 0. The Bertz CT molecular complexity index is 602. The van der Waals surface area contributed by atoms with Gasteiger partial charge in [-0.2, -0.15) is 4.98 Å². The second-order valence-electron chi connectivity index (χ2n) is 4.79. The van der Waals surface area contributed by atoms with E-state index < -0.39 is 0 Å². The number of carbonyl (C=O) groups excluding carboxylic acids is 1. The fourth-order valence-corrected chi connectivity index (χ4v) is 1.75. The van der Waals surface area contributed by atoms with Crippen LogP contribution in [0.15, 0.2) is 28.8 Å². The van der Waals surface area contributed by atoms with E-state index in [1.807, 2.05) is 0 Å². The van der Waals surface area contributed by atoms with Gasteiger partial charge in [0.2, 0.25) is 11.7 Å². The average Bonchev–Trinajstić information content (AvgIpc) is 3.17. The van der Waals surface area contributed by atoms with Gasteiger partial charge in [-0.05, 0) is 37.1 Å². The maximum atomic E-state index is 11.8. The van der Waals surface area contributed by atoms with Gasteiger partial charge >= 0.3 is 0 Å². The molecule has 3 rings (SSSR count). The highest BCUT2D eigenvalue weighted by Crippen LogP contribution is 2.20. The summed E-state index contributed by atoms with van der Waals surface area (Å²) in [6.07, 6.45) is 2.16. The molecule has 6 heteroatoms. The average molecular weight is 273 g/mol. The van der Waals surface area contributed by atoms with Gasteiger partial charge in [0.25, 0.3) is 5.91 Å². The van der Waals surface area contributed by atoms with Gasteiger partial charge < -0.3 is 14.6 Å². The maximum absolute atomic E-state index is 11.8. The van der Waals surface area contributed by atoms with E-state index in [-0.39, 0.29) is 12.5 Å². The molecule has 1 N–H and O–H groups in total. The molecule has 1 fully saturated rings. The van der Waals surface area contributed by atoms with E-state index in [0.29, 0.717) is 29.1 Å². The van der Waals surface area contributed by atoms with E-state index in [4.69, 9.17) is 9.26 Å². The lowest BCUT2D eigenvalue weighted by molar-refractivity contribution is 0.0951. The van der Waals surface area contributed by atoms with Gasteiger partial charge in [-0.3, -0.25) is 4.79 Å². The van der Waals surface area contributed by atoms with Gasteiger partial charge in [-0.25, -0.2) is 0 Å². The van der Waals surface area contributed by atoms with E-state index in [0.717, 1.165) is 12.8 Å². The molecule has 0 bridgehead atoms. The molecule has 1 heterocycles. The number of aromatic nitrogens is 2. The third kappa shape index (κ3) is 3.14. The highest BCUT2D eigenvalue weighted by Gasteiger charge is 2.23. The number of ether oxygens (including phenoxy) is 1. The molecule has 0 spiro atoms. The first-order valence-corrected chi connectivity index (χ1v) is 6.53. The molecule has 1 saturated carbocycles. The number of carbonyl (C=O) groups is 1. The normalized spacial score (nSPS) is 14.1. The Hall–Kier alpha value is -2.37. The topological polar surface area (TPSA) is 77.2 Å². The van der Waals surface area contributed by atoms with Gasteiger partial charge in [0.15, 0.2) is 6.61 Å². The molecule has 0 atom stereocenters. The Morgan fingerprint density at radius 2 is 2.15 bits per heavy atom. The quantitative estimate of drug-likeness (QED) is 0.899. The Morgan fingerprint density at radius 3 is 2.75 bits per heavy atom. The van der Waals surface area contributed by atoms with Crippen LogP contribution in [0.25, 0.3) is 0 Å². The van der Waals surface area contributed by atoms with E-state index >= 15 is 0 Å². The molecule has 6 nitrogen and oxygen atoms in total. The minimum atomic E-state index is -0.0344. The number of hydrogen-bond donors (Lipinski definition) is 1. The summed E-state index contributed by atoms with van der Waals surface area (Å²) in [6.45, 7) is 1.97. The zero-order valence-electron chi connectivity index (χ0n) is 11.1. The lowest BCUT2D eigenvalue weighted by Crippen LogP contribution is -2.25. The molecule has 0 unspecified atom stereocenters. The maximum Gasteiger partial charge on any atom is 0.251 e. The van der Waals surface area contributed by atoms with Crippen molar-refractivity contribution in [2.45, 2.75) is 32.4 Å². The second-order valence-corrected chi connectivity index (χ2v) is 4.79. The molecule has 0 radical (unpaired) electrons. The number of nitrogens with zero attached hydrogens (tertiary/aromatic N) is 2. The summed E-state index contributed by atoms with van der Waals surface area (Å²) in [5, 5.41) is 6.68. The summed E-state index contributed by atoms with van der Waals surface area (Å²) < 4.78 is 10.4. The first kappa shape index (κ1) is 12.7. The minimum absolute atomic E-state index is 0.0344. The van der Waals surface area contributed by atoms with Crippen molar-refractivity contribution in [3.05, 3.63) is 41.5 Å². The SMILES string of the molecule is Cc1nc(COc2ccc(C(=O)NC3CC3)cc2)no1. The Kier molecular flexibility index (Phi) is 3.37. The van der Waals surface area contributed by atoms with E-state index in [1.54, 1.807) is 31.2 Å². The Balaban J connectivity index is 1.56. The zero-order chi connectivity index (χ0) is 13.9. The third-order valence-corrected chi connectivity index (χ3v) is 2.97. The lowest BCUT2D eigenvalue weighted by Gasteiger charge is -2.05. The van der Waals surface area contributed by atoms with Gasteiger partial charge in [-0.15, -0.1) is 0 Å². The molecule has 104 valence electrons. The highest BCUT2D eigenvalue weighted by atomic mass is 16.5. The van der Waals surface area contributed by atoms with Crippen molar-refractivity contribution in [3.63, 3.8) is 0 Å². The largest absolute Gasteiger partial charge is 0.485 e. The number of nitrogens with one attached hydrogen (secondary N) is 1. The summed E-state index contributed by atoms with van der Waals surface area (Å²) in [5.74, 6) is 1.64. The van der Waals surface area contributed by atoms with Crippen LogP contribution in [0.4, 0.5) is 0 Å². The molecule has 1 aromatic carbocycles. The number of hydrogen-bond acceptors (Lipinski definition) is 5. The van der Waals surface area contributed by atoms with Crippen molar-refractivity contribution in [1.82, 2.24) is 15.5 Å². The number of benzene rings is 1. The van der Waals surface area contributed by atoms with Crippen LogP contribution in [0, 0.1) is 6.92 Å². The van der Waals surface area contributed by atoms with Crippen molar-refractivity contribution in [1.29, 1.82) is 0 Å². The van der Waals surface area contributed by atoms with Crippen molar-refractivity contribution in [3.8, 4) is 5.75 Å². The molecular weight excluding hydrogens is 258 g/mol. The molecule has 1 aliphatic rings. The molecule has 1 aromatic heterocycles. The first-order chi connectivity index (χ1) is 9.70. The van der Waals surface area contributed by atoms with Gasteiger partial charge in [0, 0.05) is 18.5 Å². The van der Waals surface area contributed by atoms with E-state index in [9.17, 15) is 4.79 Å². The third-order valence-electron chi connectivity index (χ3n) is 2.97.